The maximum atomic E-state index is 12.9. The van der Waals surface area contributed by atoms with Crippen molar-refractivity contribution in [3.8, 4) is 5.69 Å². The van der Waals surface area contributed by atoms with Gasteiger partial charge in [-0.2, -0.15) is 0 Å². The third-order valence-electron chi connectivity index (χ3n) is 5.59. The van der Waals surface area contributed by atoms with Crippen molar-refractivity contribution < 1.29 is 9.59 Å². The van der Waals surface area contributed by atoms with Gasteiger partial charge in [0.05, 0.1) is 11.0 Å². The van der Waals surface area contributed by atoms with Crippen LogP contribution in [0.15, 0.2) is 60.4 Å². The summed E-state index contributed by atoms with van der Waals surface area (Å²) >= 11 is 1.29. The number of rotatable bonds is 4. The molecule has 4 aromatic rings. The van der Waals surface area contributed by atoms with Crippen molar-refractivity contribution >= 4 is 39.3 Å². The third-order valence-corrected chi connectivity index (χ3v) is 6.20. The van der Waals surface area contributed by atoms with Crippen molar-refractivity contribution in [2.75, 3.05) is 18.4 Å². The maximum absolute atomic E-state index is 12.9. The lowest BCUT2D eigenvalue weighted by atomic mass is 9.95. The number of para-hydroxylation sites is 2. The molecule has 0 unspecified atom stereocenters. The number of piperidine rings is 1. The molecule has 2 aromatic heterocycles. The maximum Gasteiger partial charge on any atom is 0.253 e. The van der Waals surface area contributed by atoms with E-state index in [-0.39, 0.29) is 17.7 Å². The van der Waals surface area contributed by atoms with Crippen molar-refractivity contribution in [3.63, 3.8) is 0 Å². The normalized spacial score (nSPS) is 14.6. The number of likely N-dealkylation sites (tertiary alicyclic amines) is 1. The molecular formula is C22H20N6O2S. The van der Waals surface area contributed by atoms with E-state index >= 15 is 0 Å². The molecule has 156 valence electrons. The van der Waals surface area contributed by atoms with Crippen LogP contribution in [0.2, 0.25) is 0 Å². The summed E-state index contributed by atoms with van der Waals surface area (Å²) < 4.78 is 2.01. The second-order valence-corrected chi connectivity index (χ2v) is 8.28. The first-order chi connectivity index (χ1) is 15.2. The lowest BCUT2D eigenvalue weighted by Crippen LogP contribution is -2.41. The van der Waals surface area contributed by atoms with Gasteiger partial charge in [-0.3, -0.25) is 14.2 Å². The topological polar surface area (TPSA) is 93.0 Å². The SMILES string of the molecule is O=C(Nc1nncs1)C1CCN(C(=O)c2ccc(-n3cnc4ccccc43)cc2)CC1. The fourth-order valence-electron chi connectivity index (χ4n) is 3.89. The number of hydrogen-bond donors (Lipinski definition) is 1. The van der Waals surface area contributed by atoms with Gasteiger partial charge < -0.3 is 10.2 Å². The van der Waals surface area contributed by atoms with Gasteiger partial charge in [0.2, 0.25) is 11.0 Å². The molecule has 2 amide bonds. The molecule has 0 atom stereocenters. The summed E-state index contributed by atoms with van der Waals surface area (Å²) in [7, 11) is 0. The number of carbonyl (C=O) groups excluding carboxylic acids is 2. The number of amides is 2. The fourth-order valence-corrected chi connectivity index (χ4v) is 4.34. The lowest BCUT2D eigenvalue weighted by Gasteiger charge is -2.31. The van der Waals surface area contributed by atoms with E-state index in [0.717, 1.165) is 16.7 Å². The van der Waals surface area contributed by atoms with Crippen molar-refractivity contribution in [1.29, 1.82) is 0 Å². The van der Waals surface area contributed by atoms with Crippen LogP contribution in [0, 0.1) is 5.92 Å². The summed E-state index contributed by atoms with van der Waals surface area (Å²) in [5.74, 6) is -0.185. The average molecular weight is 433 g/mol. The quantitative estimate of drug-likeness (QED) is 0.534. The molecule has 31 heavy (non-hydrogen) atoms. The van der Waals surface area contributed by atoms with Crippen LogP contribution in [-0.4, -0.2) is 49.6 Å². The largest absolute Gasteiger partial charge is 0.339 e. The highest BCUT2D eigenvalue weighted by Gasteiger charge is 2.28. The second kappa shape index (κ2) is 8.27. The number of nitrogens with one attached hydrogen (secondary N) is 1. The van der Waals surface area contributed by atoms with Gasteiger partial charge in [-0.15, -0.1) is 10.2 Å². The first-order valence-corrected chi connectivity index (χ1v) is 11.0. The molecule has 1 fully saturated rings. The van der Waals surface area contributed by atoms with Gasteiger partial charge in [0.15, 0.2) is 0 Å². The first kappa shape index (κ1) is 19.4. The summed E-state index contributed by atoms with van der Waals surface area (Å²) in [6, 6.07) is 15.5. The van der Waals surface area contributed by atoms with Crippen molar-refractivity contribution in [2.45, 2.75) is 12.8 Å². The van der Waals surface area contributed by atoms with Gasteiger partial charge in [-0.1, -0.05) is 23.5 Å². The van der Waals surface area contributed by atoms with Gasteiger partial charge >= 0.3 is 0 Å². The van der Waals surface area contributed by atoms with E-state index in [2.05, 4.69) is 20.5 Å². The lowest BCUT2D eigenvalue weighted by molar-refractivity contribution is -0.121. The van der Waals surface area contributed by atoms with Crippen molar-refractivity contribution in [1.82, 2.24) is 24.6 Å². The van der Waals surface area contributed by atoms with E-state index in [1.807, 2.05) is 58.0 Å². The van der Waals surface area contributed by atoms with Gasteiger partial charge in [0.1, 0.15) is 11.8 Å². The van der Waals surface area contributed by atoms with Crippen LogP contribution >= 0.6 is 11.3 Å². The van der Waals surface area contributed by atoms with E-state index in [9.17, 15) is 9.59 Å². The first-order valence-electron chi connectivity index (χ1n) is 10.1. The molecule has 2 aromatic carbocycles. The Bertz CT molecular complexity index is 1210. The summed E-state index contributed by atoms with van der Waals surface area (Å²) in [5, 5.41) is 10.9. The molecule has 0 aliphatic carbocycles. The average Bonchev–Trinajstić information content (AvgIpc) is 3.49. The number of nitrogens with zero attached hydrogens (tertiary/aromatic N) is 5. The summed E-state index contributed by atoms with van der Waals surface area (Å²) in [6.07, 6.45) is 3.06. The molecule has 8 nitrogen and oxygen atoms in total. The third kappa shape index (κ3) is 3.91. The molecule has 1 saturated heterocycles. The number of fused-ring (bicyclic) bond motifs is 1. The minimum absolute atomic E-state index is 0.00924. The number of carbonyl (C=O) groups is 2. The molecule has 0 saturated carbocycles. The Hall–Kier alpha value is -3.59. The van der Waals surface area contributed by atoms with E-state index in [4.69, 9.17) is 0 Å². The summed E-state index contributed by atoms with van der Waals surface area (Å²) in [5.41, 5.74) is 5.13. The molecule has 9 heteroatoms. The Morgan fingerprint density at radius 2 is 1.81 bits per heavy atom. The summed E-state index contributed by atoms with van der Waals surface area (Å²) in [4.78, 5) is 31.5. The summed E-state index contributed by atoms with van der Waals surface area (Å²) in [6.45, 7) is 1.11. The number of anilines is 1. The van der Waals surface area contributed by atoms with Crippen LogP contribution in [0.25, 0.3) is 16.7 Å². The number of aromatic nitrogens is 4. The van der Waals surface area contributed by atoms with E-state index < -0.39 is 0 Å². The number of hydrogen-bond acceptors (Lipinski definition) is 6. The van der Waals surface area contributed by atoms with Crippen LogP contribution in [-0.2, 0) is 4.79 Å². The minimum Gasteiger partial charge on any atom is -0.339 e. The second-order valence-electron chi connectivity index (χ2n) is 7.45. The van der Waals surface area contributed by atoms with Crippen molar-refractivity contribution in [3.05, 3.63) is 65.9 Å². The molecule has 1 aliphatic heterocycles. The highest BCUT2D eigenvalue weighted by molar-refractivity contribution is 7.13. The molecule has 0 spiro atoms. The highest BCUT2D eigenvalue weighted by atomic mass is 32.1. The predicted octanol–water partition coefficient (Wildman–Crippen LogP) is 3.37. The molecule has 1 aliphatic rings. The molecule has 3 heterocycles. The zero-order valence-corrected chi connectivity index (χ0v) is 17.5. The Balaban J connectivity index is 1.22. The molecule has 1 N–H and O–H groups in total. The zero-order valence-electron chi connectivity index (χ0n) is 16.6. The van der Waals surface area contributed by atoms with E-state index in [0.29, 0.717) is 36.6 Å². The van der Waals surface area contributed by atoms with Gasteiger partial charge in [-0.25, -0.2) is 4.98 Å². The van der Waals surface area contributed by atoms with Crippen LogP contribution in [0.3, 0.4) is 0 Å². The number of imidazole rings is 1. The van der Waals surface area contributed by atoms with E-state index in [1.165, 1.54) is 11.3 Å². The zero-order chi connectivity index (χ0) is 21.2. The van der Waals surface area contributed by atoms with Crippen LogP contribution in [0.4, 0.5) is 5.13 Å². The number of benzene rings is 2. The fraction of sp³-hybridized carbons (Fsp3) is 0.227. The van der Waals surface area contributed by atoms with Crippen LogP contribution < -0.4 is 5.32 Å². The van der Waals surface area contributed by atoms with Gasteiger partial charge in [0, 0.05) is 30.3 Å². The Kier molecular flexibility index (Phi) is 5.17. The van der Waals surface area contributed by atoms with Crippen molar-refractivity contribution in [2.24, 2.45) is 5.92 Å². The van der Waals surface area contributed by atoms with Gasteiger partial charge in [-0.05, 0) is 49.2 Å². The highest BCUT2D eigenvalue weighted by Crippen LogP contribution is 2.23. The molecule has 5 rings (SSSR count). The van der Waals surface area contributed by atoms with E-state index in [1.54, 1.807) is 11.8 Å². The Morgan fingerprint density at radius 1 is 1.03 bits per heavy atom. The van der Waals surface area contributed by atoms with Crippen LogP contribution in [0.1, 0.15) is 23.2 Å². The molecular weight excluding hydrogens is 412 g/mol. The van der Waals surface area contributed by atoms with Gasteiger partial charge in [0.25, 0.3) is 5.91 Å². The predicted molar refractivity (Wildman–Crippen MR) is 118 cm³/mol. The smallest absolute Gasteiger partial charge is 0.253 e. The standard InChI is InChI=1S/C22H20N6O2S/c29-20(25-22-26-24-14-31-22)15-9-11-27(12-10-15)21(30)16-5-7-17(8-6-16)28-13-23-18-3-1-2-4-19(18)28/h1-8,13-15H,9-12H2,(H,25,26,29). The monoisotopic (exact) mass is 432 g/mol. The minimum atomic E-state index is -0.121. The Labute approximate surface area is 182 Å². The molecule has 0 radical (unpaired) electrons. The Morgan fingerprint density at radius 3 is 2.55 bits per heavy atom. The molecule has 0 bridgehead atoms. The van der Waals surface area contributed by atoms with Crippen LogP contribution in [0.5, 0.6) is 0 Å².